The highest BCUT2D eigenvalue weighted by Crippen LogP contribution is 2.25. The molecule has 0 fully saturated rings. The highest BCUT2D eigenvalue weighted by Gasteiger charge is 2.09. The molecule has 0 atom stereocenters. The number of carbonyl (C=O) groups is 1. The molecule has 0 spiro atoms. The van der Waals surface area contributed by atoms with E-state index >= 15 is 0 Å². The van der Waals surface area contributed by atoms with Crippen molar-refractivity contribution >= 4 is 45.7 Å². The molecule has 1 amide bonds. The first-order valence-corrected chi connectivity index (χ1v) is 7.59. The summed E-state index contributed by atoms with van der Waals surface area (Å²) in [5.74, 6) is -0.151. The van der Waals surface area contributed by atoms with E-state index in [1.165, 1.54) is 5.56 Å². The third kappa shape index (κ3) is 3.11. The zero-order valence-electron chi connectivity index (χ0n) is 11.9. The summed E-state index contributed by atoms with van der Waals surface area (Å²) in [5, 5.41) is 4.90. The van der Waals surface area contributed by atoms with E-state index in [4.69, 9.17) is 23.2 Å². The lowest BCUT2D eigenvalue weighted by Crippen LogP contribution is -2.18. The molecule has 22 heavy (non-hydrogen) atoms. The Morgan fingerprint density at radius 1 is 1.14 bits per heavy atom. The maximum atomic E-state index is 12.2. The molecule has 1 N–H and O–H groups in total. The molecule has 2 aromatic carbocycles. The van der Waals surface area contributed by atoms with Crippen molar-refractivity contribution < 1.29 is 4.79 Å². The number of amides is 1. The zero-order valence-corrected chi connectivity index (χ0v) is 13.4. The zero-order chi connectivity index (χ0) is 15.7. The molecule has 112 valence electrons. The number of nitrogens with one attached hydrogen (secondary N) is 1. The third-order valence-electron chi connectivity index (χ3n) is 3.44. The normalized spacial score (nSPS) is 10.9. The van der Waals surface area contributed by atoms with Crippen molar-refractivity contribution in [3.63, 3.8) is 0 Å². The first-order valence-electron chi connectivity index (χ1n) is 6.83. The highest BCUT2D eigenvalue weighted by molar-refractivity contribution is 6.35. The van der Waals surface area contributed by atoms with Gasteiger partial charge >= 0.3 is 0 Å². The summed E-state index contributed by atoms with van der Waals surface area (Å²) >= 11 is 12.0. The monoisotopic (exact) mass is 332 g/mol. The second-order valence-corrected chi connectivity index (χ2v) is 6.02. The lowest BCUT2D eigenvalue weighted by molar-refractivity contribution is -0.116. The minimum atomic E-state index is -0.151. The van der Waals surface area contributed by atoms with Gasteiger partial charge in [0.25, 0.3) is 0 Å². The van der Waals surface area contributed by atoms with E-state index < -0.39 is 0 Å². The lowest BCUT2D eigenvalue weighted by Gasteiger charge is -2.09. The van der Waals surface area contributed by atoms with E-state index in [2.05, 4.69) is 11.4 Å². The predicted octanol–water partition coefficient (Wildman–Crippen LogP) is 4.90. The van der Waals surface area contributed by atoms with Crippen LogP contribution in [0.3, 0.4) is 0 Å². The highest BCUT2D eigenvalue weighted by atomic mass is 35.5. The fraction of sp³-hybridized carbons (Fsp3) is 0.118. The van der Waals surface area contributed by atoms with Crippen LogP contribution >= 0.6 is 23.2 Å². The van der Waals surface area contributed by atoms with Crippen LogP contribution in [0, 0.1) is 6.92 Å². The van der Waals surface area contributed by atoms with Crippen LogP contribution in [0.15, 0.2) is 48.7 Å². The number of carbonyl (C=O) groups excluding carboxylic acids is 1. The average molecular weight is 333 g/mol. The summed E-state index contributed by atoms with van der Waals surface area (Å²) in [7, 11) is 0. The summed E-state index contributed by atoms with van der Waals surface area (Å²) < 4.78 is 1.91. The smallest absolute Gasteiger partial charge is 0.244 e. The van der Waals surface area contributed by atoms with Gasteiger partial charge in [0.1, 0.15) is 6.54 Å². The molecule has 0 bridgehead atoms. The Hall–Kier alpha value is -1.97. The maximum Gasteiger partial charge on any atom is 0.244 e. The molecule has 0 unspecified atom stereocenters. The molecule has 3 aromatic rings. The van der Waals surface area contributed by atoms with Gasteiger partial charge < -0.3 is 9.88 Å². The van der Waals surface area contributed by atoms with E-state index in [9.17, 15) is 4.79 Å². The third-order valence-corrected chi connectivity index (χ3v) is 4.01. The molecule has 3 nitrogen and oxygen atoms in total. The molecule has 0 radical (unpaired) electrons. The van der Waals surface area contributed by atoms with Crippen LogP contribution in [0.1, 0.15) is 5.56 Å². The van der Waals surface area contributed by atoms with Crippen molar-refractivity contribution in [3.05, 3.63) is 64.3 Å². The number of hydrogen-bond donors (Lipinski definition) is 1. The molecule has 0 aliphatic carbocycles. The molecule has 0 saturated heterocycles. The quantitative estimate of drug-likeness (QED) is 0.727. The largest absolute Gasteiger partial charge is 0.338 e. The van der Waals surface area contributed by atoms with E-state index in [0.29, 0.717) is 15.7 Å². The van der Waals surface area contributed by atoms with Gasteiger partial charge in [-0.25, -0.2) is 0 Å². The molecule has 0 saturated carbocycles. The molecule has 5 heteroatoms. The molecular weight excluding hydrogens is 319 g/mol. The van der Waals surface area contributed by atoms with E-state index in [0.717, 1.165) is 10.9 Å². The Balaban J connectivity index is 1.80. The summed E-state index contributed by atoms with van der Waals surface area (Å²) in [6, 6.07) is 13.1. The molecule has 0 aliphatic rings. The van der Waals surface area contributed by atoms with Gasteiger partial charge in [-0.15, -0.1) is 0 Å². The van der Waals surface area contributed by atoms with Crippen LogP contribution in [0.5, 0.6) is 0 Å². The first kappa shape index (κ1) is 14.9. The Bertz CT molecular complexity index is 855. The summed E-state index contributed by atoms with van der Waals surface area (Å²) in [6.07, 6.45) is 1.91. The van der Waals surface area contributed by atoms with Gasteiger partial charge in [0.2, 0.25) is 5.91 Å². The number of fused-ring (bicyclic) bond motifs is 1. The molecular formula is C17H14Cl2N2O. The number of rotatable bonds is 3. The van der Waals surface area contributed by atoms with Gasteiger partial charge in [0.05, 0.1) is 10.7 Å². The van der Waals surface area contributed by atoms with Gasteiger partial charge in [0.15, 0.2) is 0 Å². The van der Waals surface area contributed by atoms with Crippen molar-refractivity contribution in [3.8, 4) is 0 Å². The van der Waals surface area contributed by atoms with Gasteiger partial charge in [-0.2, -0.15) is 0 Å². The average Bonchev–Trinajstić information content (AvgIpc) is 2.85. The molecule has 3 rings (SSSR count). The van der Waals surface area contributed by atoms with E-state index in [1.807, 2.05) is 35.9 Å². The maximum absolute atomic E-state index is 12.2. The van der Waals surface area contributed by atoms with Crippen LogP contribution in [0.2, 0.25) is 10.0 Å². The number of aromatic nitrogens is 1. The first-order chi connectivity index (χ1) is 10.5. The van der Waals surface area contributed by atoms with Crippen LogP contribution < -0.4 is 5.32 Å². The SMILES string of the molecule is Cc1ccc2c(ccn2CC(=O)Nc2cc(Cl)ccc2Cl)c1. The fourth-order valence-corrected chi connectivity index (χ4v) is 2.73. The van der Waals surface area contributed by atoms with Crippen LogP contribution in [0.25, 0.3) is 10.9 Å². The minimum absolute atomic E-state index is 0.151. The predicted molar refractivity (Wildman–Crippen MR) is 91.8 cm³/mol. The van der Waals surface area contributed by atoms with Gasteiger partial charge in [-0.1, -0.05) is 34.8 Å². The van der Waals surface area contributed by atoms with E-state index in [1.54, 1.807) is 18.2 Å². The van der Waals surface area contributed by atoms with E-state index in [-0.39, 0.29) is 12.5 Å². The molecule has 1 heterocycles. The number of aryl methyl sites for hydroxylation is 1. The fourth-order valence-electron chi connectivity index (χ4n) is 2.40. The topological polar surface area (TPSA) is 34.0 Å². The Morgan fingerprint density at radius 2 is 1.95 bits per heavy atom. The Morgan fingerprint density at radius 3 is 2.77 bits per heavy atom. The summed E-state index contributed by atoms with van der Waals surface area (Å²) in [5.41, 5.74) is 2.74. The Labute approximate surface area is 138 Å². The van der Waals surface area contributed by atoms with Gasteiger partial charge in [-0.05, 0) is 48.7 Å². The summed E-state index contributed by atoms with van der Waals surface area (Å²) in [6.45, 7) is 2.26. The number of benzene rings is 2. The van der Waals surface area contributed by atoms with Crippen molar-refractivity contribution in [1.82, 2.24) is 4.57 Å². The van der Waals surface area contributed by atoms with Gasteiger partial charge in [-0.3, -0.25) is 4.79 Å². The summed E-state index contributed by atoms with van der Waals surface area (Å²) in [4.78, 5) is 12.2. The van der Waals surface area contributed by atoms with Crippen molar-refractivity contribution in [2.45, 2.75) is 13.5 Å². The number of hydrogen-bond acceptors (Lipinski definition) is 1. The number of anilines is 1. The molecule has 1 aromatic heterocycles. The Kier molecular flexibility index (Phi) is 4.10. The second kappa shape index (κ2) is 6.03. The second-order valence-electron chi connectivity index (χ2n) is 5.18. The van der Waals surface area contributed by atoms with Crippen molar-refractivity contribution in [1.29, 1.82) is 0 Å². The molecule has 0 aliphatic heterocycles. The van der Waals surface area contributed by atoms with Crippen molar-refractivity contribution in [2.75, 3.05) is 5.32 Å². The lowest BCUT2D eigenvalue weighted by atomic mass is 10.2. The number of nitrogens with zero attached hydrogens (tertiary/aromatic N) is 1. The van der Waals surface area contributed by atoms with Crippen LogP contribution in [0.4, 0.5) is 5.69 Å². The van der Waals surface area contributed by atoms with Crippen LogP contribution in [-0.4, -0.2) is 10.5 Å². The standard InChI is InChI=1S/C17H14Cl2N2O/c1-11-2-5-16-12(8-11)6-7-21(16)10-17(22)20-15-9-13(18)3-4-14(15)19/h2-9H,10H2,1H3,(H,20,22). The minimum Gasteiger partial charge on any atom is -0.338 e. The van der Waals surface area contributed by atoms with Gasteiger partial charge in [0, 0.05) is 16.7 Å². The number of halogens is 2. The van der Waals surface area contributed by atoms with Crippen LogP contribution in [-0.2, 0) is 11.3 Å². The van der Waals surface area contributed by atoms with Crippen molar-refractivity contribution in [2.24, 2.45) is 0 Å².